The van der Waals surface area contributed by atoms with Crippen LogP contribution in [-0.2, 0) is 11.3 Å². The minimum absolute atomic E-state index is 0. The van der Waals surface area contributed by atoms with E-state index in [4.69, 9.17) is 4.74 Å². The van der Waals surface area contributed by atoms with Gasteiger partial charge >= 0.3 is 6.09 Å². The molecule has 0 unspecified atom stereocenters. The fourth-order valence-corrected chi connectivity index (χ4v) is 2.74. The second kappa shape index (κ2) is 11.1. The molecule has 1 N–H and O–H groups in total. The van der Waals surface area contributed by atoms with E-state index in [1.54, 1.807) is 11.9 Å². The number of carbonyl (C=O) groups excluding carboxylic acids is 1. The molecule has 0 saturated carbocycles. The van der Waals surface area contributed by atoms with Crippen molar-refractivity contribution < 1.29 is 9.53 Å². The molecule has 1 fully saturated rings. The highest BCUT2D eigenvalue weighted by Crippen LogP contribution is 2.12. The van der Waals surface area contributed by atoms with Gasteiger partial charge < -0.3 is 24.8 Å². The summed E-state index contributed by atoms with van der Waals surface area (Å²) in [5.41, 5.74) is 2.39. The van der Waals surface area contributed by atoms with Crippen molar-refractivity contribution in [1.82, 2.24) is 15.1 Å². The van der Waals surface area contributed by atoms with Gasteiger partial charge in [0.1, 0.15) is 0 Å². The maximum atomic E-state index is 11.8. The van der Waals surface area contributed by atoms with Gasteiger partial charge in [-0.25, -0.2) is 4.79 Å². The number of nitrogens with zero attached hydrogens (tertiary/aromatic N) is 4. The number of hydrogen-bond donors (Lipinski definition) is 1. The normalized spacial score (nSPS) is 14.5. The van der Waals surface area contributed by atoms with Crippen molar-refractivity contribution in [1.29, 1.82) is 0 Å². The van der Waals surface area contributed by atoms with Crippen LogP contribution in [0.1, 0.15) is 12.5 Å². The van der Waals surface area contributed by atoms with E-state index in [9.17, 15) is 4.79 Å². The van der Waals surface area contributed by atoms with Crippen LogP contribution in [0.4, 0.5) is 10.5 Å². The summed E-state index contributed by atoms with van der Waals surface area (Å²) in [6.07, 6.45) is -0.230. The summed E-state index contributed by atoms with van der Waals surface area (Å²) in [5.74, 6) is 0.861. The Labute approximate surface area is 173 Å². The summed E-state index contributed by atoms with van der Waals surface area (Å²) in [5, 5.41) is 3.40. The number of anilines is 1. The van der Waals surface area contributed by atoms with E-state index in [2.05, 4.69) is 44.4 Å². The summed E-state index contributed by atoms with van der Waals surface area (Å²) in [6, 6.07) is 8.46. The number of halogens is 1. The maximum Gasteiger partial charge on any atom is 0.409 e. The zero-order valence-electron chi connectivity index (χ0n) is 16.1. The highest BCUT2D eigenvalue weighted by Gasteiger charge is 2.23. The molecule has 1 amide bonds. The molecule has 0 atom stereocenters. The Hall–Kier alpha value is -1.71. The van der Waals surface area contributed by atoms with E-state index in [0.29, 0.717) is 19.7 Å². The molecular weight excluding hydrogens is 445 g/mol. The van der Waals surface area contributed by atoms with Gasteiger partial charge in [-0.1, -0.05) is 12.1 Å². The van der Waals surface area contributed by atoms with Crippen LogP contribution in [0.15, 0.2) is 29.3 Å². The Kier molecular flexibility index (Phi) is 9.53. The van der Waals surface area contributed by atoms with Gasteiger partial charge in [0.15, 0.2) is 5.96 Å². The van der Waals surface area contributed by atoms with Crippen LogP contribution in [-0.4, -0.2) is 75.8 Å². The van der Waals surface area contributed by atoms with Crippen LogP contribution in [0.5, 0.6) is 0 Å². The van der Waals surface area contributed by atoms with Crippen LogP contribution in [0, 0.1) is 0 Å². The predicted molar refractivity (Wildman–Crippen MR) is 117 cm³/mol. The summed E-state index contributed by atoms with van der Waals surface area (Å²) in [7, 11) is 5.85. The average Bonchev–Trinajstić information content (AvgIpc) is 2.63. The van der Waals surface area contributed by atoms with Gasteiger partial charge in [0, 0.05) is 59.6 Å². The molecule has 1 saturated heterocycles. The third kappa shape index (κ3) is 6.22. The Morgan fingerprint density at radius 2 is 1.73 bits per heavy atom. The number of hydrogen-bond acceptors (Lipinski definition) is 4. The van der Waals surface area contributed by atoms with Gasteiger partial charge in [-0.05, 0) is 24.6 Å². The first-order valence-electron chi connectivity index (χ1n) is 8.68. The first kappa shape index (κ1) is 22.3. The van der Waals surface area contributed by atoms with Gasteiger partial charge in [0.25, 0.3) is 0 Å². The Morgan fingerprint density at radius 1 is 1.15 bits per heavy atom. The van der Waals surface area contributed by atoms with Crippen LogP contribution < -0.4 is 10.2 Å². The number of amides is 1. The minimum atomic E-state index is -0.230. The van der Waals surface area contributed by atoms with Crippen LogP contribution >= 0.6 is 24.0 Å². The molecule has 1 aromatic rings. The Morgan fingerprint density at radius 3 is 2.23 bits per heavy atom. The molecule has 0 aliphatic carbocycles. The number of benzene rings is 1. The number of ether oxygens (including phenoxy) is 1. The lowest BCUT2D eigenvalue weighted by Gasteiger charge is -2.35. The molecule has 0 bridgehead atoms. The molecule has 146 valence electrons. The van der Waals surface area contributed by atoms with Crippen molar-refractivity contribution in [2.75, 3.05) is 58.8 Å². The summed E-state index contributed by atoms with van der Waals surface area (Å²) >= 11 is 0. The van der Waals surface area contributed by atoms with Crippen molar-refractivity contribution in [2.24, 2.45) is 4.99 Å². The monoisotopic (exact) mass is 475 g/mol. The summed E-state index contributed by atoms with van der Waals surface area (Å²) in [4.78, 5) is 22.1. The molecule has 2 rings (SSSR count). The fraction of sp³-hybridized carbons (Fsp3) is 0.556. The lowest BCUT2D eigenvalue weighted by Crippen LogP contribution is -2.53. The van der Waals surface area contributed by atoms with Crippen LogP contribution in [0.25, 0.3) is 0 Å². The summed E-state index contributed by atoms with van der Waals surface area (Å²) < 4.78 is 5.05. The van der Waals surface area contributed by atoms with Crippen LogP contribution in [0.3, 0.4) is 0 Å². The first-order chi connectivity index (χ1) is 12.0. The summed E-state index contributed by atoms with van der Waals surface area (Å²) in [6.45, 7) is 5.75. The molecule has 8 heteroatoms. The topological polar surface area (TPSA) is 60.4 Å². The number of carbonyl (C=O) groups is 1. The second-order valence-corrected chi connectivity index (χ2v) is 6.13. The van der Waals surface area contributed by atoms with E-state index < -0.39 is 0 Å². The van der Waals surface area contributed by atoms with E-state index in [1.807, 2.05) is 21.0 Å². The number of aliphatic imine (C=N–C) groups is 1. The largest absolute Gasteiger partial charge is 0.450 e. The molecule has 0 spiro atoms. The third-order valence-corrected chi connectivity index (χ3v) is 4.22. The minimum Gasteiger partial charge on any atom is -0.450 e. The predicted octanol–water partition coefficient (Wildman–Crippen LogP) is 2.22. The van der Waals surface area contributed by atoms with Crippen molar-refractivity contribution in [2.45, 2.75) is 13.5 Å². The number of guanidine groups is 1. The van der Waals surface area contributed by atoms with Crippen molar-refractivity contribution in [3.63, 3.8) is 0 Å². The lowest BCUT2D eigenvalue weighted by molar-refractivity contribution is 0.0914. The smallest absolute Gasteiger partial charge is 0.409 e. The van der Waals surface area contributed by atoms with Crippen molar-refractivity contribution in [3.8, 4) is 0 Å². The average molecular weight is 475 g/mol. The van der Waals surface area contributed by atoms with Crippen molar-refractivity contribution >= 4 is 41.7 Å². The molecule has 26 heavy (non-hydrogen) atoms. The van der Waals surface area contributed by atoms with Crippen molar-refractivity contribution in [3.05, 3.63) is 29.8 Å². The standard InChI is InChI=1S/C18H29N5O2.HI/c1-5-25-18(24)23-12-10-22(11-13-23)17(19-2)20-14-15-6-8-16(9-7-15)21(3)4;/h6-9H,5,10-14H2,1-4H3,(H,19,20);1H. The third-order valence-electron chi connectivity index (χ3n) is 4.22. The lowest BCUT2D eigenvalue weighted by atomic mass is 10.2. The van der Waals surface area contributed by atoms with Crippen LogP contribution in [0.2, 0.25) is 0 Å². The van der Waals surface area contributed by atoms with Gasteiger partial charge in [-0.15, -0.1) is 24.0 Å². The number of nitrogens with one attached hydrogen (secondary N) is 1. The quantitative estimate of drug-likeness (QED) is 0.411. The molecule has 0 aromatic heterocycles. The highest BCUT2D eigenvalue weighted by molar-refractivity contribution is 14.0. The zero-order valence-corrected chi connectivity index (χ0v) is 18.4. The Balaban J connectivity index is 0.00000338. The molecule has 1 aromatic carbocycles. The molecule has 7 nitrogen and oxygen atoms in total. The molecule has 1 aliphatic heterocycles. The molecular formula is C18H30IN5O2. The van der Waals surface area contributed by atoms with Gasteiger partial charge in [-0.3, -0.25) is 4.99 Å². The van der Waals surface area contributed by atoms with E-state index >= 15 is 0 Å². The fourth-order valence-electron chi connectivity index (χ4n) is 2.74. The Bertz CT molecular complexity index is 584. The molecule has 1 aliphatic rings. The number of rotatable bonds is 4. The maximum absolute atomic E-state index is 11.8. The number of piperazine rings is 1. The SMILES string of the molecule is CCOC(=O)N1CCN(C(=NC)NCc2ccc(N(C)C)cc2)CC1.I. The molecule has 1 heterocycles. The van der Waals surface area contributed by atoms with E-state index in [1.165, 1.54) is 11.3 Å². The van der Waals surface area contributed by atoms with E-state index in [-0.39, 0.29) is 30.1 Å². The first-order valence-corrected chi connectivity index (χ1v) is 8.68. The zero-order chi connectivity index (χ0) is 18.2. The second-order valence-electron chi connectivity index (χ2n) is 6.13. The van der Waals surface area contributed by atoms with Gasteiger partial charge in [-0.2, -0.15) is 0 Å². The van der Waals surface area contributed by atoms with Gasteiger partial charge in [0.05, 0.1) is 6.61 Å². The van der Waals surface area contributed by atoms with Gasteiger partial charge in [0.2, 0.25) is 0 Å². The van der Waals surface area contributed by atoms with E-state index in [0.717, 1.165) is 25.6 Å². The highest BCUT2D eigenvalue weighted by atomic mass is 127. The molecule has 0 radical (unpaired) electrons.